The van der Waals surface area contributed by atoms with Crippen LogP contribution in [0.25, 0.3) is 0 Å². The van der Waals surface area contributed by atoms with Crippen molar-refractivity contribution in [3.8, 4) is 0 Å². The molecule has 1 fully saturated rings. The number of sulfonamides is 1. The second-order valence-corrected chi connectivity index (χ2v) is 7.39. The highest BCUT2D eigenvalue weighted by molar-refractivity contribution is 7.89. The number of hydrogen-bond acceptors (Lipinski definition) is 5. The first-order valence-electron chi connectivity index (χ1n) is 6.38. The first-order chi connectivity index (χ1) is 9.05. The number of thiophene rings is 1. The summed E-state index contributed by atoms with van der Waals surface area (Å²) in [6, 6.07) is 1.74. The molecule has 5 nitrogen and oxygen atoms in total. The van der Waals surface area contributed by atoms with E-state index >= 15 is 0 Å². The molecule has 2 N–H and O–H groups in total. The Morgan fingerprint density at radius 3 is 2.84 bits per heavy atom. The average molecular weight is 304 g/mol. The highest BCUT2D eigenvalue weighted by Crippen LogP contribution is 2.26. The molecule has 0 saturated heterocycles. The lowest BCUT2D eigenvalue weighted by Gasteiger charge is -2.34. The van der Waals surface area contributed by atoms with Gasteiger partial charge >= 0.3 is 0 Å². The molecule has 0 atom stereocenters. The summed E-state index contributed by atoms with van der Waals surface area (Å²) in [6.07, 6.45) is 1.70. The Hall–Kier alpha value is -0.470. The lowest BCUT2D eigenvalue weighted by Crippen LogP contribution is -2.47. The molecule has 19 heavy (non-hydrogen) atoms. The van der Waals surface area contributed by atoms with Gasteiger partial charge in [0.15, 0.2) is 0 Å². The normalized spacial score (nSPS) is 23.3. The molecule has 0 aromatic carbocycles. The van der Waals surface area contributed by atoms with Crippen molar-refractivity contribution in [3.05, 3.63) is 16.3 Å². The van der Waals surface area contributed by atoms with Gasteiger partial charge in [-0.2, -0.15) is 0 Å². The molecule has 2 rings (SSSR count). The van der Waals surface area contributed by atoms with E-state index in [9.17, 15) is 8.42 Å². The van der Waals surface area contributed by atoms with Crippen LogP contribution in [0.15, 0.2) is 16.3 Å². The van der Waals surface area contributed by atoms with Crippen LogP contribution in [0.5, 0.6) is 0 Å². The number of nitrogens with one attached hydrogen (secondary N) is 2. The van der Waals surface area contributed by atoms with Crippen molar-refractivity contribution >= 4 is 21.4 Å². The molecule has 1 aromatic rings. The minimum Gasteiger partial charge on any atom is -0.381 e. The van der Waals surface area contributed by atoms with Gasteiger partial charge in [0.25, 0.3) is 0 Å². The van der Waals surface area contributed by atoms with Crippen LogP contribution < -0.4 is 10.0 Å². The maximum atomic E-state index is 12.2. The zero-order valence-electron chi connectivity index (χ0n) is 11.2. The van der Waals surface area contributed by atoms with Crippen LogP contribution in [0.2, 0.25) is 0 Å². The van der Waals surface area contributed by atoms with E-state index in [0.29, 0.717) is 11.4 Å². The molecule has 1 aliphatic carbocycles. The van der Waals surface area contributed by atoms with Crippen LogP contribution >= 0.6 is 11.3 Å². The van der Waals surface area contributed by atoms with Gasteiger partial charge in [-0.1, -0.05) is 6.92 Å². The second kappa shape index (κ2) is 6.32. The van der Waals surface area contributed by atoms with Crippen molar-refractivity contribution in [2.75, 3.05) is 13.7 Å². The predicted octanol–water partition coefficient (Wildman–Crippen LogP) is 1.31. The maximum Gasteiger partial charge on any atom is 0.241 e. The van der Waals surface area contributed by atoms with Gasteiger partial charge in [-0.25, -0.2) is 13.1 Å². The summed E-state index contributed by atoms with van der Waals surface area (Å²) >= 11 is 1.47. The Kier molecular flexibility index (Phi) is 4.97. The fourth-order valence-electron chi connectivity index (χ4n) is 1.98. The van der Waals surface area contributed by atoms with Crippen molar-refractivity contribution in [1.82, 2.24) is 10.0 Å². The third-order valence-electron chi connectivity index (χ3n) is 3.24. The fourth-order valence-corrected chi connectivity index (χ4v) is 4.49. The molecule has 0 amide bonds. The number of rotatable bonds is 7. The molecule has 0 spiro atoms. The Morgan fingerprint density at radius 2 is 2.21 bits per heavy atom. The SMILES string of the molecule is CCNCc1cc(S(=O)(=O)NC2CC(OC)C2)cs1. The van der Waals surface area contributed by atoms with Gasteiger partial charge in [0.2, 0.25) is 10.0 Å². The van der Waals surface area contributed by atoms with Gasteiger partial charge in [0.1, 0.15) is 0 Å². The highest BCUT2D eigenvalue weighted by atomic mass is 32.2. The monoisotopic (exact) mass is 304 g/mol. The maximum absolute atomic E-state index is 12.2. The summed E-state index contributed by atoms with van der Waals surface area (Å²) < 4.78 is 32.2. The van der Waals surface area contributed by atoms with Crippen LogP contribution in [0.3, 0.4) is 0 Å². The van der Waals surface area contributed by atoms with Crippen molar-refractivity contribution in [3.63, 3.8) is 0 Å². The topological polar surface area (TPSA) is 67.4 Å². The largest absolute Gasteiger partial charge is 0.381 e. The summed E-state index contributed by atoms with van der Waals surface area (Å²) in [5, 5.41) is 4.88. The van der Waals surface area contributed by atoms with Gasteiger partial charge in [-0.15, -0.1) is 11.3 Å². The van der Waals surface area contributed by atoms with Crippen molar-refractivity contribution in [2.24, 2.45) is 0 Å². The van der Waals surface area contributed by atoms with Gasteiger partial charge in [-0.3, -0.25) is 0 Å². The van der Waals surface area contributed by atoms with Gasteiger partial charge in [-0.05, 0) is 25.5 Å². The molecule has 1 aliphatic rings. The quantitative estimate of drug-likeness (QED) is 0.797. The summed E-state index contributed by atoms with van der Waals surface area (Å²) in [5.41, 5.74) is 0. The second-order valence-electron chi connectivity index (χ2n) is 4.68. The van der Waals surface area contributed by atoms with Gasteiger partial charge in [0.05, 0.1) is 11.0 Å². The van der Waals surface area contributed by atoms with E-state index in [1.54, 1.807) is 18.6 Å². The molecule has 0 unspecified atom stereocenters. The minimum absolute atomic E-state index is 0.00654. The predicted molar refractivity (Wildman–Crippen MR) is 75.8 cm³/mol. The van der Waals surface area contributed by atoms with Gasteiger partial charge in [0, 0.05) is 30.0 Å². The molecule has 1 saturated carbocycles. The number of hydrogen-bond donors (Lipinski definition) is 2. The highest BCUT2D eigenvalue weighted by Gasteiger charge is 2.32. The molecule has 1 heterocycles. The van der Waals surface area contributed by atoms with Crippen LogP contribution in [-0.4, -0.2) is 34.2 Å². The van der Waals surface area contributed by atoms with E-state index in [4.69, 9.17) is 4.74 Å². The van der Waals surface area contributed by atoms with E-state index in [1.807, 2.05) is 6.92 Å². The smallest absolute Gasteiger partial charge is 0.241 e. The summed E-state index contributed by atoms with van der Waals surface area (Å²) in [6.45, 7) is 3.61. The van der Waals surface area contributed by atoms with Crippen molar-refractivity contribution < 1.29 is 13.2 Å². The zero-order chi connectivity index (χ0) is 13.9. The Bertz CT molecular complexity index is 507. The lowest BCUT2D eigenvalue weighted by atomic mass is 9.90. The van der Waals surface area contributed by atoms with Crippen molar-refractivity contribution in [2.45, 2.75) is 43.4 Å². The van der Waals surface area contributed by atoms with E-state index in [1.165, 1.54) is 11.3 Å². The van der Waals surface area contributed by atoms with Crippen LogP contribution in [-0.2, 0) is 21.3 Å². The van der Waals surface area contributed by atoms with Crippen LogP contribution in [0, 0.1) is 0 Å². The molecular weight excluding hydrogens is 284 g/mol. The fraction of sp³-hybridized carbons (Fsp3) is 0.667. The third-order valence-corrected chi connectivity index (χ3v) is 5.83. The molecule has 0 aliphatic heterocycles. The Balaban J connectivity index is 1.94. The first kappa shape index (κ1) is 14.9. The van der Waals surface area contributed by atoms with E-state index < -0.39 is 10.0 Å². The van der Waals surface area contributed by atoms with Crippen LogP contribution in [0.4, 0.5) is 0 Å². The third kappa shape index (κ3) is 3.76. The average Bonchev–Trinajstić information content (AvgIpc) is 2.80. The van der Waals surface area contributed by atoms with Crippen LogP contribution in [0.1, 0.15) is 24.6 Å². The lowest BCUT2D eigenvalue weighted by molar-refractivity contribution is 0.0236. The standard InChI is InChI=1S/C12H20N2O3S2/c1-3-13-7-11-6-12(8-18-11)19(15,16)14-9-4-10(5-9)17-2/h6,8-10,13-14H,3-5,7H2,1-2H3. The number of methoxy groups -OCH3 is 1. The zero-order valence-corrected chi connectivity index (χ0v) is 12.8. The van der Waals surface area contributed by atoms with E-state index in [0.717, 1.165) is 24.3 Å². The molecule has 1 aromatic heterocycles. The summed E-state index contributed by atoms with van der Waals surface area (Å²) in [4.78, 5) is 1.40. The minimum atomic E-state index is -3.38. The molecular formula is C12H20N2O3S2. The Morgan fingerprint density at radius 1 is 1.47 bits per heavy atom. The first-order valence-corrected chi connectivity index (χ1v) is 8.74. The molecule has 7 heteroatoms. The summed E-state index contributed by atoms with van der Waals surface area (Å²) in [7, 11) is -1.73. The number of ether oxygens (including phenoxy) is 1. The Labute approximate surface area is 118 Å². The van der Waals surface area contributed by atoms with Gasteiger partial charge < -0.3 is 10.1 Å². The van der Waals surface area contributed by atoms with E-state index in [2.05, 4.69) is 10.0 Å². The molecule has 108 valence electrons. The molecule has 0 radical (unpaired) electrons. The van der Waals surface area contributed by atoms with E-state index in [-0.39, 0.29) is 12.1 Å². The summed E-state index contributed by atoms with van der Waals surface area (Å²) in [5.74, 6) is 0. The van der Waals surface area contributed by atoms with Crippen molar-refractivity contribution in [1.29, 1.82) is 0 Å². The molecule has 0 bridgehead atoms.